The topological polar surface area (TPSA) is 86.0 Å². The fourth-order valence-corrected chi connectivity index (χ4v) is 4.65. The summed E-state index contributed by atoms with van der Waals surface area (Å²) in [7, 11) is 0. The number of likely N-dealkylation sites (tertiary alicyclic amines) is 1. The van der Waals surface area contributed by atoms with Crippen molar-refractivity contribution in [1.29, 1.82) is 0 Å². The second-order valence-corrected chi connectivity index (χ2v) is 9.14. The van der Waals surface area contributed by atoms with E-state index in [4.69, 9.17) is 10.7 Å². The fourth-order valence-electron chi connectivity index (χ4n) is 4.65. The number of unbranched alkanes of at least 4 members (excludes halogenated alkanes) is 1. The number of piperidine rings is 1. The van der Waals surface area contributed by atoms with Crippen LogP contribution in [0.5, 0.6) is 0 Å². The number of benzene rings is 1. The van der Waals surface area contributed by atoms with Crippen LogP contribution in [0, 0.1) is 5.92 Å². The molecular formula is C25H43IN6O. The van der Waals surface area contributed by atoms with E-state index < -0.39 is 0 Å². The van der Waals surface area contributed by atoms with Crippen LogP contribution >= 0.6 is 24.0 Å². The molecule has 3 rings (SSSR count). The van der Waals surface area contributed by atoms with E-state index >= 15 is 0 Å². The summed E-state index contributed by atoms with van der Waals surface area (Å²) >= 11 is 0. The molecule has 186 valence electrons. The standard InChI is InChI=1S/C25H42N6O.HI/c1-3-27-25(28-13-4-5-14-30-17-11-21(12-18-30)24(26)32)29-20(2)22-9-8-10-23(19-22)31-15-6-7-16-31;/h8-10,19-21H,3-7,11-18H2,1-2H3,(H2,26,32)(H2,27,28,29);1H. The summed E-state index contributed by atoms with van der Waals surface area (Å²) in [5, 5.41) is 6.96. The van der Waals surface area contributed by atoms with Crippen LogP contribution in [0.15, 0.2) is 29.3 Å². The van der Waals surface area contributed by atoms with Crippen molar-refractivity contribution in [2.45, 2.75) is 58.4 Å². The smallest absolute Gasteiger partial charge is 0.220 e. The summed E-state index contributed by atoms with van der Waals surface area (Å²) in [5.74, 6) is 0.816. The molecule has 2 heterocycles. The number of amides is 1. The summed E-state index contributed by atoms with van der Waals surface area (Å²) < 4.78 is 0. The number of halogens is 1. The van der Waals surface area contributed by atoms with Crippen molar-refractivity contribution in [3.63, 3.8) is 0 Å². The van der Waals surface area contributed by atoms with Crippen molar-refractivity contribution in [2.24, 2.45) is 16.6 Å². The third-order valence-corrected chi connectivity index (χ3v) is 6.68. The van der Waals surface area contributed by atoms with Gasteiger partial charge in [-0.15, -0.1) is 24.0 Å². The molecule has 0 spiro atoms. The van der Waals surface area contributed by atoms with E-state index in [1.165, 1.54) is 37.2 Å². The summed E-state index contributed by atoms with van der Waals surface area (Å²) in [5.41, 5.74) is 8.05. The van der Waals surface area contributed by atoms with Gasteiger partial charge in [-0.3, -0.25) is 9.79 Å². The van der Waals surface area contributed by atoms with Gasteiger partial charge in [0.1, 0.15) is 0 Å². The van der Waals surface area contributed by atoms with E-state index in [9.17, 15) is 4.79 Å². The van der Waals surface area contributed by atoms with Gasteiger partial charge in [0.15, 0.2) is 5.96 Å². The first kappa shape index (κ1) is 27.7. The molecule has 2 saturated heterocycles. The first-order valence-corrected chi connectivity index (χ1v) is 12.5. The number of carbonyl (C=O) groups excluding carboxylic acids is 1. The Hall–Kier alpha value is -1.55. The average Bonchev–Trinajstić information content (AvgIpc) is 3.34. The molecule has 0 radical (unpaired) electrons. The lowest BCUT2D eigenvalue weighted by Gasteiger charge is -2.30. The number of primary amides is 1. The minimum absolute atomic E-state index is 0. The van der Waals surface area contributed by atoms with Crippen LogP contribution in [-0.4, -0.2) is 62.6 Å². The van der Waals surface area contributed by atoms with Gasteiger partial charge < -0.3 is 26.2 Å². The molecule has 2 aliphatic heterocycles. The van der Waals surface area contributed by atoms with E-state index in [0.29, 0.717) is 0 Å². The number of hydrogen-bond donors (Lipinski definition) is 3. The average molecular weight is 571 g/mol. The van der Waals surface area contributed by atoms with E-state index in [1.807, 2.05) is 0 Å². The maximum atomic E-state index is 11.3. The maximum absolute atomic E-state index is 11.3. The predicted molar refractivity (Wildman–Crippen MR) is 148 cm³/mol. The van der Waals surface area contributed by atoms with Crippen molar-refractivity contribution >= 4 is 41.5 Å². The molecule has 0 aromatic heterocycles. The Bertz CT molecular complexity index is 744. The number of nitrogens with two attached hydrogens (primary N) is 1. The zero-order chi connectivity index (χ0) is 22.8. The fraction of sp³-hybridized carbons (Fsp3) is 0.680. The molecule has 1 aromatic rings. The van der Waals surface area contributed by atoms with Gasteiger partial charge in [-0.05, 0) is 89.7 Å². The molecule has 1 atom stereocenters. The lowest BCUT2D eigenvalue weighted by Crippen LogP contribution is -2.39. The zero-order valence-corrected chi connectivity index (χ0v) is 22.7. The molecule has 4 N–H and O–H groups in total. The highest BCUT2D eigenvalue weighted by Crippen LogP contribution is 2.24. The molecule has 7 nitrogen and oxygen atoms in total. The Morgan fingerprint density at radius 3 is 2.58 bits per heavy atom. The third kappa shape index (κ3) is 8.96. The molecule has 1 amide bonds. The SMILES string of the molecule is CCNC(=NCCCCN1CCC(C(N)=O)CC1)NC(C)c1cccc(N2CCCC2)c1.I. The van der Waals surface area contributed by atoms with Crippen molar-refractivity contribution in [3.05, 3.63) is 29.8 Å². The van der Waals surface area contributed by atoms with Crippen LogP contribution in [0.25, 0.3) is 0 Å². The molecule has 1 aromatic carbocycles. The Morgan fingerprint density at radius 1 is 1.18 bits per heavy atom. The first-order chi connectivity index (χ1) is 15.6. The second kappa shape index (κ2) is 14.7. The molecule has 2 aliphatic rings. The van der Waals surface area contributed by atoms with Gasteiger partial charge in [-0.2, -0.15) is 0 Å². The third-order valence-electron chi connectivity index (χ3n) is 6.68. The van der Waals surface area contributed by atoms with Crippen molar-refractivity contribution in [3.8, 4) is 0 Å². The summed E-state index contributed by atoms with van der Waals surface area (Å²) in [6.07, 6.45) is 6.57. The number of nitrogens with zero attached hydrogens (tertiary/aromatic N) is 3. The van der Waals surface area contributed by atoms with Crippen molar-refractivity contribution in [1.82, 2.24) is 15.5 Å². The van der Waals surface area contributed by atoms with Crippen LogP contribution in [0.2, 0.25) is 0 Å². The first-order valence-electron chi connectivity index (χ1n) is 12.5. The minimum Gasteiger partial charge on any atom is -0.372 e. The van der Waals surface area contributed by atoms with Gasteiger partial charge in [0, 0.05) is 37.8 Å². The summed E-state index contributed by atoms with van der Waals surface area (Å²) in [4.78, 5) is 21.0. The predicted octanol–water partition coefficient (Wildman–Crippen LogP) is 3.50. The zero-order valence-electron chi connectivity index (χ0n) is 20.4. The number of hydrogen-bond acceptors (Lipinski definition) is 4. The summed E-state index contributed by atoms with van der Waals surface area (Å²) in [6.45, 7) is 11.3. The van der Waals surface area contributed by atoms with Crippen LogP contribution < -0.4 is 21.3 Å². The molecule has 33 heavy (non-hydrogen) atoms. The maximum Gasteiger partial charge on any atom is 0.220 e. The highest BCUT2D eigenvalue weighted by atomic mass is 127. The number of carbonyl (C=O) groups is 1. The lowest BCUT2D eigenvalue weighted by molar-refractivity contribution is -0.123. The number of anilines is 1. The van der Waals surface area contributed by atoms with Crippen LogP contribution in [-0.2, 0) is 4.79 Å². The number of guanidine groups is 1. The van der Waals surface area contributed by atoms with E-state index in [0.717, 1.165) is 64.4 Å². The van der Waals surface area contributed by atoms with Gasteiger partial charge in [0.25, 0.3) is 0 Å². The van der Waals surface area contributed by atoms with Crippen LogP contribution in [0.1, 0.15) is 64.0 Å². The van der Waals surface area contributed by atoms with Crippen molar-refractivity contribution in [2.75, 3.05) is 50.7 Å². The monoisotopic (exact) mass is 570 g/mol. The quantitative estimate of drug-likeness (QED) is 0.174. The van der Waals surface area contributed by atoms with E-state index in [1.54, 1.807) is 0 Å². The Balaban J connectivity index is 0.00000385. The molecule has 0 saturated carbocycles. The summed E-state index contributed by atoms with van der Waals surface area (Å²) in [6, 6.07) is 9.09. The molecular weight excluding hydrogens is 527 g/mol. The number of aliphatic imine (C=N–C) groups is 1. The number of nitrogens with one attached hydrogen (secondary N) is 2. The second-order valence-electron chi connectivity index (χ2n) is 9.14. The van der Waals surface area contributed by atoms with Gasteiger partial charge >= 0.3 is 0 Å². The molecule has 1 unspecified atom stereocenters. The van der Waals surface area contributed by atoms with Crippen LogP contribution in [0.3, 0.4) is 0 Å². The number of rotatable bonds is 10. The van der Waals surface area contributed by atoms with Crippen LogP contribution in [0.4, 0.5) is 5.69 Å². The molecule has 2 fully saturated rings. The van der Waals surface area contributed by atoms with Gasteiger partial charge in [-0.25, -0.2) is 0 Å². The van der Waals surface area contributed by atoms with Crippen molar-refractivity contribution < 1.29 is 4.79 Å². The van der Waals surface area contributed by atoms with Gasteiger partial charge in [0.2, 0.25) is 5.91 Å². The minimum atomic E-state index is -0.139. The highest BCUT2D eigenvalue weighted by molar-refractivity contribution is 14.0. The molecule has 0 bridgehead atoms. The largest absolute Gasteiger partial charge is 0.372 e. The van der Waals surface area contributed by atoms with Gasteiger partial charge in [0.05, 0.1) is 6.04 Å². The van der Waals surface area contributed by atoms with E-state index in [2.05, 4.69) is 58.5 Å². The lowest BCUT2D eigenvalue weighted by atomic mass is 9.96. The molecule has 8 heteroatoms. The Labute approximate surface area is 217 Å². The highest BCUT2D eigenvalue weighted by Gasteiger charge is 2.22. The Morgan fingerprint density at radius 2 is 1.91 bits per heavy atom. The molecule has 0 aliphatic carbocycles. The Kier molecular flexibility index (Phi) is 12.3. The van der Waals surface area contributed by atoms with Gasteiger partial charge in [-0.1, -0.05) is 12.1 Å². The normalized spacial score (nSPS) is 18.6. The van der Waals surface area contributed by atoms with E-state index in [-0.39, 0.29) is 41.8 Å².